The summed E-state index contributed by atoms with van der Waals surface area (Å²) in [4.78, 5) is 15.0. The minimum atomic E-state index is -0.960. The van der Waals surface area contributed by atoms with Gasteiger partial charge in [-0.3, -0.25) is 0 Å². The van der Waals surface area contributed by atoms with E-state index in [9.17, 15) is 9.90 Å². The first-order chi connectivity index (χ1) is 15.3. The van der Waals surface area contributed by atoms with Crippen LogP contribution < -0.4 is 0 Å². The van der Waals surface area contributed by atoms with Crippen LogP contribution in [0.3, 0.4) is 0 Å². The number of amides is 1. The molecule has 2 atom stereocenters. The van der Waals surface area contributed by atoms with E-state index in [0.29, 0.717) is 26.0 Å². The molecular formula is C27H33NO4. The number of cyclic esters (lactones) is 1. The molecule has 1 saturated heterocycles. The Morgan fingerprint density at radius 3 is 2.44 bits per heavy atom. The molecule has 2 aliphatic rings. The van der Waals surface area contributed by atoms with Gasteiger partial charge in [0.05, 0.1) is 24.9 Å². The molecule has 0 spiro atoms. The summed E-state index contributed by atoms with van der Waals surface area (Å²) in [5.74, 6) is 0. The van der Waals surface area contributed by atoms with Crippen LogP contribution in [-0.2, 0) is 15.1 Å². The van der Waals surface area contributed by atoms with Crippen molar-refractivity contribution in [2.45, 2.75) is 57.3 Å². The maximum atomic E-state index is 13.2. The molecule has 0 aliphatic carbocycles. The molecule has 1 amide bonds. The molecular weight excluding hydrogens is 402 g/mol. The average molecular weight is 436 g/mol. The highest BCUT2D eigenvalue weighted by Gasteiger charge is 2.46. The van der Waals surface area contributed by atoms with Gasteiger partial charge in [0, 0.05) is 19.4 Å². The highest BCUT2D eigenvalue weighted by atomic mass is 16.6. The fourth-order valence-corrected chi connectivity index (χ4v) is 4.84. The van der Waals surface area contributed by atoms with Gasteiger partial charge in [0.1, 0.15) is 5.60 Å². The lowest BCUT2D eigenvalue weighted by Gasteiger charge is -2.45. The molecule has 0 radical (unpaired) electrons. The van der Waals surface area contributed by atoms with Crippen LogP contribution in [0.4, 0.5) is 4.79 Å². The maximum absolute atomic E-state index is 13.2. The Bertz CT molecular complexity index is 961. The van der Waals surface area contributed by atoms with E-state index in [1.54, 1.807) is 18.7 Å². The zero-order valence-electron chi connectivity index (χ0n) is 19.2. The topological polar surface area (TPSA) is 59.0 Å². The van der Waals surface area contributed by atoms with Crippen LogP contribution in [0.2, 0.25) is 0 Å². The summed E-state index contributed by atoms with van der Waals surface area (Å²) < 4.78 is 11.5. The highest BCUT2D eigenvalue weighted by molar-refractivity contribution is 5.70. The van der Waals surface area contributed by atoms with Crippen molar-refractivity contribution in [3.05, 3.63) is 77.4 Å². The number of carbonyl (C=O) groups is 1. The molecule has 0 saturated carbocycles. The molecule has 5 heteroatoms. The van der Waals surface area contributed by atoms with E-state index < -0.39 is 11.2 Å². The summed E-state index contributed by atoms with van der Waals surface area (Å²) in [5, 5.41) is 10.6. The van der Waals surface area contributed by atoms with Gasteiger partial charge in [0.2, 0.25) is 0 Å². The second-order valence-corrected chi connectivity index (χ2v) is 9.51. The number of carbonyl (C=O) groups excluding carboxylic acids is 1. The zero-order chi connectivity index (χ0) is 22.8. The molecule has 1 N–H and O–H groups in total. The predicted molar refractivity (Wildman–Crippen MR) is 125 cm³/mol. The van der Waals surface area contributed by atoms with Gasteiger partial charge >= 0.3 is 6.09 Å². The van der Waals surface area contributed by atoms with Crippen molar-refractivity contribution in [1.29, 1.82) is 0 Å². The summed E-state index contributed by atoms with van der Waals surface area (Å²) in [5.41, 5.74) is 2.74. The first-order valence-electron chi connectivity index (χ1n) is 11.4. The molecule has 5 nitrogen and oxygen atoms in total. The van der Waals surface area contributed by atoms with Crippen LogP contribution in [0.25, 0.3) is 5.57 Å². The average Bonchev–Trinajstić information content (AvgIpc) is 2.79. The molecule has 170 valence electrons. The Hall–Kier alpha value is -2.63. The summed E-state index contributed by atoms with van der Waals surface area (Å²) in [6, 6.07) is 18.1. The molecule has 2 aliphatic heterocycles. The van der Waals surface area contributed by atoms with Crippen molar-refractivity contribution < 1.29 is 19.4 Å². The monoisotopic (exact) mass is 435 g/mol. The van der Waals surface area contributed by atoms with Gasteiger partial charge in [-0.05, 0) is 49.5 Å². The highest BCUT2D eigenvalue weighted by Crippen LogP contribution is 2.42. The van der Waals surface area contributed by atoms with E-state index in [4.69, 9.17) is 9.47 Å². The van der Waals surface area contributed by atoms with E-state index in [1.807, 2.05) is 37.3 Å². The number of hydrogen-bond acceptors (Lipinski definition) is 4. The first kappa shape index (κ1) is 22.6. The van der Waals surface area contributed by atoms with Crippen LogP contribution in [0.5, 0.6) is 0 Å². The van der Waals surface area contributed by atoms with Crippen LogP contribution in [0, 0.1) is 0 Å². The quantitative estimate of drug-likeness (QED) is 0.655. The van der Waals surface area contributed by atoms with E-state index in [0.717, 1.165) is 24.2 Å². The third kappa shape index (κ3) is 4.89. The molecule has 32 heavy (non-hydrogen) atoms. The van der Waals surface area contributed by atoms with E-state index >= 15 is 0 Å². The van der Waals surface area contributed by atoms with Crippen molar-refractivity contribution in [2.75, 3.05) is 19.8 Å². The Balaban J connectivity index is 1.52. The minimum Gasteiger partial charge on any atom is -0.438 e. The molecule has 0 unspecified atom stereocenters. The lowest BCUT2D eigenvalue weighted by atomic mass is 9.80. The van der Waals surface area contributed by atoms with Gasteiger partial charge in [-0.25, -0.2) is 4.79 Å². The van der Waals surface area contributed by atoms with E-state index in [-0.39, 0.29) is 12.1 Å². The van der Waals surface area contributed by atoms with Gasteiger partial charge in [0.25, 0.3) is 0 Å². The number of ether oxygens (including phenoxy) is 2. The first-order valence-corrected chi connectivity index (χ1v) is 11.4. The Kier molecular flexibility index (Phi) is 6.40. The summed E-state index contributed by atoms with van der Waals surface area (Å²) in [7, 11) is 0. The van der Waals surface area contributed by atoms with Crippen molar-refractivity contribution in [3.63, 3.8) is 0 Å². The van der Waals surface area contributed by atoms with Gasteiger partial charge in [-0.15, -0.1) is 0 Å². The number of nitrogens with zero attached hydrogens (tertiary/aromatic N) is 1. The molecule has 2 heterocycles. The van der Waals surface area contributed by atoms with Crippen molar-refractivity contribution in [3.8, 4) is 0 Å². The predicted octanol–water partition coefficient (Wildman–Crippen LogP) is 5.45. The fourth-order valence-electron chi connectivity index (χ4n) is 4.84. The Morgan fingerprint density at radius 2 is 1.84 bits per heavy atom. The van der Waals surface area contributed by atoms with Crippen LogP contribution in [0.15, 0.2) is 60.7 Å². The minimum absolute atomic E-state index is 0.101. The van der Waals surface area contributed by atoms with Crippen LogP contribution in [0.1, 0.15) is 62.8 Å². The van der Waals surface area contributed by atoms with E-state index in [2.05, 4.69) is 30.3 Å². The van der Waals surface area contributed by atoms with Gasteiger partial charge in [-0.2, -0.15) is 0 Å². The smallest absolute Gasteiger partial charge is 0.411 e. The van der Waals surface area contributed by atoms with Crippen LogP contribution in [-0.4, -0.2) is 41.5 Å². The summed E-state index contributed by atoms with van der Waals surface area (Å²) >= 11 is 0. The lowest BCUT2D eigenvalue weighted by Crippen LogP contribution is -2.51. The van der Waals surface area contributed by atoms with Crippen molar-refractivity contribution >= 4 is 11.7 Å². The van der Waals surface area contributed by atoms with Crippen LogP contribution >= 0.6 is 0 Å². The molecule has 0 aromatic heterocycles. The van der Waals surface area contributed by atoms with Gasteiger partial charge in [0.15, 0.2) is 0 Å². The van der Waals surface area contributed by atoms with Gasteiger partial charge < -0.3 is 19.5 Å². The third-order valence-electron chi connectivity index (χ3n) is 6.49. The van der Waals surface area contributed by atoms with Crippen molar-refractivity contribution in [1.82, 2.24) is 4.90 Å². The zero-order valence-corrected chi connectivity index (χ0v) is 19.2. The summed E-state index contributed by atoms with van der Waals surface area (Å²) in [6.07, 6.45) is 3.70. The largest absolute Gasteiger partial charge is 0.438 e. The standard InChI is InChI=1S/C27H33NO4/c1-20(21-9-11-22(12-10-21)23-13-17-31-18-14-23)28-16-15-27(32-25(28)29,19-26(2,3)30)24-7-5-4-6-8-24/h4-13,20,30H,14-19H2,1-3H3/t20-,27-/m0/s1. The second kappa shape index (κ2) is 9.08. The molecule has 2 aromatic carbocycles. The number of rotatable bonds is 6. The maximum Gasteiger partial charge on any atom is 0.411 e. The molecule has 1 fully saturated rings. The SMILES string of the molecule is C[C@@H](c1ccc(C2=CCOCC2)cc1)N1CC[C@](CC(C)(C)O)(c2ccccc2)OC1=O. The van der Waals surface area contributed by atoms with E-state index in [1.165, 1.54) is 11.1 Å². The fraction of sp³-hybridized carbons (Fsp3) is 0.444. The Morgan fingerprint density at radius 1 is 1.12 bits per heavy atom. The molecule has 0 bridgehead atoms. The Labute approximate surface area is 190 Å². The molecule has 4 rings (SSSR count). The normalized spacial score (nSPS) is 22.8. The number of hydrogen-bond donors (Lipinski definition) is 1. The number of aliphatic hydroxyl groups is 1. The number of benzene rings is 2. The van der Waals surface area contributed by atoms with Gasteiger partial charge in [-0.1, -0.05) is 60.7 Å². The molecule has 2 aromatic rings. The van der Waals surface area contributed by atoms with Crippen molar-refractivity contribution in [2.24, 2.45) is 0 Å². The second-order valence-electron chi connectivity index (χ2n) is 9.51. The lowest BCUT2D eigenvalue weighted by molar-refractivity contribution is -0.101. The third-order valence-corrected chi connectivity index (χ3v) is 6.49. The summed E-state index contributed by atoms with van der Waals surface area (Å²) in [6.45, 7) is 7.55.